The topological polar surface area (TPSA) is 35.5 Å². The fourth-order valence-corrected chi connectivity index (χ4v) is 1.95. The number of methoxy groups -OCH3 is 1. The number of hydrogen-bond acceptors (Lipinski definition) is 4. The highest BCUT2D eigenvalue weighted by Crippen LogP contribution is 2.17. The number of carbonyl (C=O) groups excluding carboxylic acids is 1. The van der Waals surface area contributed by atoms with Gasteiger partial charge in [0, 0.05) is 11.9 Å². The predicted molar refractivity (Wildman–Crippen MR) is 60.0 cm³/mol. The number of halogens is 3. The van der Waals surface area contributed by atoms with E-state index in [4.69, 9.17) is 0 Å². The number of ether oxygens (including phenoxy) is 2. The van der Waals surface area contributed by atoms with Gasteiger partial charge in [0.15, 0.2) is 0 Å². The molecule has 0 aliphatic rings. The molecule has 1 atom stereocenters. The summed E-state index contributed by atoms with van der Waals surface area (Å²) < 4.78 is 44.0. The molecule has 0 spiro atoms. The molecule has 0 bridgehead atoms. The average molecular weight is 274 g/mol. The quantitative estimate of drug-likeness (QED) is 0.503. The zero-order chi connectivity index (χ0) is 13.3. The molecule has 0 amide bonds. The molecule has 0 aromatic rings. The summed E-state index contributed by atoms with van der Waals surface area (Å²) in [5, 5.41) is 0.102. The SMILES string of the molecule is COC(=O)CC(C)SCCCOCC(F)(F)F. The second-order valence-electron chi connectivity index (χ2n) is 3.48. The van der Waals surface area contributed by atoms with E-state index in [-0.39, 0.29) is 17.8 Å². The second kappa shape index (κ2) is 8.63. The van der Waals surface area contributed by atoms with Crippen molar-refractivity contribution in [2.75, 3.05) is 26.1 Å². The van der Waals surface area contributed by atoms with Gasteiger partial charge in [0.1, 0.15) is 6.61 Å². The molecule has 0 N–H and O–H groups in total. The smallest absolute Gasteiger partial charge is 0.411 e. The summed E-state index contributed by atoms with van der Waals surface area (Å²) >= 11 is 1.52. The van der Waals surface area contributed by atoms with Crippen LogP contribution in [0.15, 0.2) is 0 Å². The Morgan fingerprint density at radius 1 is 1.41 bits per heavy atom. The van der Waals surface area contributed by atoms with Gasteiger partial charge in [0.25, 0.3) is 0 Å². The van der Waals surface area contributed by atoms with Crippen LogP contribution in [-0.2, 0) is 14.3 Å². The number of hydrogen-bond donors (Lipinski definition) is 0. The van der Waals surface area contributed by atoms with Crippen LogP contribution < -0.4 is 0 Å². The molecular weight excluding hydrogens is 257 g/mol. The van der Waals surface area contributed by atoms with Crippen LogP contribution in [0.25, 0.3) is 0 Å². The molecule has 0 aromatic carbocycles. The van der Waals surface area contributed by atoms with Gasteiger partial charge in [0.05, 0.1) is 13.5 Å². The van der Waals surface area contributed by atoms with Gasteiger partial charge in [0.2, 0.25) is 0 Å². The molecule has 0 heterocycles. The van der Waals surface area contributed by atoms with E-state index in [1.807, 2.05) is 6.92 Å². The van der Waals surface area contributed by atoms with Gasteiger partial charge < -0.3 is 9.47 Å². The first-order valence-corrected chi connectivity index (χ1v) is 6.23. The lowest BCUT2D eigenvalue weighted by atomic mass is 10.3. The van der Waals surface area contributed by atoms with Crippen molar-refractivity contribution in [3.05, 3.63) is 0 Å². The lowest BCUT2D eigenvalue weighted by Crippen LogP contribution is -2.17. The van der Waals surface area contributed by atoms with Crippen molar-refractivity contribution in [1.82, 2.24) is 0 Å². The maximum atomic E-state index is 11.7. The Morgan fingerprint density at radius 2 is 2.06 bits per heavy atom. The molecule has 0 aromatic heterocycles. The number of alkyl halides is 3. The normalized spacial score (nSPS) is 13.5. The van der Waals surface area contributed by atoms with Gasteiger partial charge in [-0.15, -0.1) is 0 Å². The Bertz CT molecular complexity index is 221. The maximum Gasteiger partial charge on any atom is 0.411 e. The minimum atomic E-state index is -4.26. The van der Waals surface area contributed by atoms with Crippen LogP contribution in [-0.4, -0.2) is 43.5 Å². The van der Waals surface area contributed by atoms with Crippen molar-refractivity contribution in [2.24, 2.45) is 0 Å². The highest BCUT2D eigenvalue weighted by molar-refractivity contribution is 7.99. The van der Waals surface area contributed by atoms with Crippen LogP contribution in [0.3, 0.4) is 0 Å². The van der Waals surface area contributed by atoms with Crippen molar-refractivity contribution in [3.63, 3.8) is 0 Å². The van der Waals surface area contributed by atoms with Crippen molar-refractivity contribution < 1.29 is 27.4 Å². The van der Waals surface area contributed by atoms with Gasteiger partial charge in [-0.2, -0.15) is 24.9 Å². The molecule has 0 radical (unpaired) electrons. The van der Waals surface area contributed by atoms with E-state index >= 15 is 0 Å². The predicted octanol–water partition coefficient (Wildman–Crippen LogP) is 2.64. The Balaban J connectivity index is 3.36. The van der Waals surface area contributed by atoms with E-state index < -0.39 is 12.8 Å². The zero-order valence-electron chi connectivity index (χ0n) is 9.88. The van der Waals surface area contributed by atoms with Crippen LogP contribution in [0, 0.1) is 0 Å². The van der Waals surface area contributed by atoms with Crippen molar-refractivity contribution in [2.45, 2.75) is 31.2 Å². The molecular formula is C10H17F3O3S. The number of thioether (sulfide) groups is 1. The third-order valence-corrected chi connectivity index (χ3v) is 3.04. The lowest BCUT2D eigenvalue weighted by Gasteiger charge is -2.10. The molecule has 0 saturated heterocycles. The molecule has 0 fully saturated rings. The first kappa shape index (κ1) is 16.6. The standard InChI is InChI=1S/C10H17F3O3S/c1-8(6-9(14)15-2)17-5-3-4-16-7-10(11,12)13/h8H,3-7H2,1-2H3. The molecule has 0 saturated carbocycles. The summed E-state index contributed by atoms with van der Waals surface area (Å²) in [6, 6.07) is 0. The van der Waals surface area contributed by atoms with E-state index in [9.17, 15) is 18.0 Å². The maximum absolute atomic E-state index is 11.7. The van der Waals surface area contributed by atoms with E-state index in [0.717, 1.165) is 0 Å². The fourth-order valence-electron chi connectivity index (χ4n) is 1.01. The van der Waals surface area contributed by atoms with Gasteiger partial charge in [-0.3, -0.25) is 4.79 Å². The first-order chi connectivity index (χ1) is 7.85. The second-order valence-corrected chi connectivity index (χ2v) is 5.03. The largest absolute Gasteiger partial charge is 0.469 e. The molecule has 17 heavy (non-hydrogen) atoms. The summed E-state index contributed by atoms with van der Waals surface area (Å²) in [5.74, 6) is 0.383. The fraction of sp³-hybridized carbons (Fsp3) is 0.900. The van der Waals surface area contributed by atoms with Crippen LogP contribution in [0.2, 0.25) is 0 Å². The Labute approximate surface area is 103 Å². The van der Waals surface area contributed by atoms with Gasteiger partial charge in [-0.1, -0.05) is 6.92 Å². The van der Waals surface area contributed by atoms with Crippen molar-refractivity contribution in [3.8, 4) is 0 Å². The van der Waals surface area contributed by atoms with Crippen LogP contribution in [0.1, 0.15) is 19.8 Å². The molecule has 0 aliphatic carbocycles. The van der Waals surface area contributed by atoms with E-state index in [2.05, 4.69) is 9.47 Å². The van der Waals surface area contributed by atoms with E-state index in [1.54, 1.807) is 0 Å². The molecule has 3 nitrogen and oxygen atoms in total. The number of carbonyl (C=O) groups is 1. The minimum absolute atomic E-state index is 0.0808. The highest BCUT2D eigenvalue weighted by Gasteiger charge is 2.27. The average Bonchev–Trinajstić information content (AvgIpc) is 2.21. The van der Waals surface area contributed by atoms with Gasteiger partial charge in [-0.25, -0.2) is 0 Å². The minimum Gasteiger partial charge on any atom is -0.469 e. The summed E-state index contributed by atoms with van der Waals surface area (Å²) in [5.41, 5.74) is 0. The summed E-state index contributed by atoms with van der Waals surface area (Å²) in [6.07, 6.45) is -3.41. The zero-order valence-corrected chi connectivity index (χ0v) is 10.7. The summed E-state index contributed by atoms with van der Waals surface area (Å²) in [4.78, 5) is 10.9. The van der Waals surface area contributed by atoms with E-state index in [0.29, 0.717) is 18.6 Å². The van der Waals surface area contributed by atoms with Crippen molar-refractivity contribution in [1.29, 1.82) is 0 Å². The third-order valence-electron chi connectivity index (χ3n) is 1.78. The lowest BCUT2D eigenvalue weighted by molar-refractivity contribution is -0.173. The van der Waals surface area contributed by atoms with Gasteiger partial charge in [-0.05, 0) is 12.2 Å². The third kappa shape index (κ3) is 11.8. The molecule has 0 rings (SSSR count). The molecule has 7 heteroatoms. The molecule has 0 aliphatic heterocycles. The monoisotopic (exact) mass is 274 g/mol. The van der Waals surface area contributed by atoms with E-state index in [1.165, 1.54) is 18.9 Å². The van der Waals surface area contributed by atoms with Gasteiger partial charge >= 0.3 is 12.1 Å². The molecule has 1 unspecified atom stereocenters. The Morgan fingerprint density at radius 3 is 2.59 bits per heavy atom. The highest BCUT2D eigenvalue weighted by atomic mass is 32.2. The Kier molecular flexibility index (Phi) is 8.41. The summed E-state index contributed by atoms with van der Waals surface area (Å²) in [6.45, 7) is 0.755. The first-order valence-electron chi connectivity index (χ1n) is 5.18. The molecule has 102 valence electrons. The van der Waals surface area contributed by atoms with Crippen molar-refractivity contribution >= 4 is 17.7 Å². The Hall–Kier alpha value is -0.430. The van der Waals surface area contributed by atoms with Crippen LogP contribution in [0.5, 0.6) is 0 Å². The number of rotatable bonds is 8. The number of esters is 1. The summed E-state index contributed by atoms with van der Waals surface area (Å²) in [7, 11) is 1.32. The van der Waals surface area contributed by atoms with Crippen LogP contribution >= 0.6 is 11.8 Å². The van der Waals surface area contributed by atoms with Crippen LogP contribution in [0.4, 0.5) is 13.2 Å².